The highest BCUT2D eigenvalue weighted by Crippen LogP contribution is 2.29. The minimum absolute atomic E-state index is 0.300. The zero-order valence-corrected chi connectivity index (χ0v) is 13.1. The lowest BCUT2D eigenvalue weighted by atomic mass is 9.98. The molecule has 0 spiro atoms. The van der Waals surface area contributed by atoms with Gasteiger partial charge in [-0.3, -0.25) is 0 Å². The minimum atomic E-state index is 0.300. The lowest BCUT2D eigenvalue weighted by Gasteiger charge is -2.15. The van der Waals surface area contributed by atoms with E-state index in [1.54, 1.807) is 11.3 Å². The Morgan fingerprint density at radius 3 is 2.39 bits per heavy atom. The number of aromatic nitrogens is 2. The van der Waals surface area contributed by atoms with Crippen molar-refractivity contribution in [2.75, 3.05) is 6.54 Å². The summed E-state index contributed by atoms with van der Waals surface area (Å²) in [7, 11) is 0. The van der Waals surface area contributed by atoms with Gasteiger partial charge in [-0.25, -0.2) is 9.97 Å². The number of aryl methyl sites for hydroxylation is 2. The summed E-state index contributed by atoms with van der Waals surface area (Å²) in [6, 6.07) is 2.05. The fourth-order valence-electron chi connectivity index (χ4n) is 2.10. The van der Waals surface area contributed by atoms with Gasteiger partial charge in [0.25, 0.3) is 0 Å². The van der Waals surface area contributed by atoms with Gasteiger partial charge in [0.05, 0.1) is 4.88 Å². The fraction of sp³-hybridized carbons (Fsp3) is 0.385. The Morgan fingerprint density at radius 1 is 1.33 bits per heavy atom. The Labute approximate surface area is 120 Å². The molecule has 0 saturated carbocycles. The molecule has 2 rings (SSSR count). The predicted octanol–water partition coefficient (Wildman–Crippen LogP) is 3.65. The molecule has 0 radical (unpaired) electrons. The summed E-state index contributed by atoms with van der Waals surface area (Å²) in [6.07, 6.45) is 0. The van der Waals surface area contributed by atoms with Crippen LogP contribution in [0.25, 0.3) is 10.7 Å². The topological polar surface area (TPSA) is 51.8 Å². The van der Waals surface area contributed by atoms with Crippen molar-refractivity contribution >= 4 is 27.3 Å². The number of halogens is 1. The number of thiophene rings is 1. The summed E-state index contributed by atoms with van der Waals surface area (Å²) in [5, 5.41) is 2.04. The number of nitrogens with zero attached hydrogens (tertiary/aromatic N) is 2. The van der Waals surface area contributed by atoms with Crippen LogP contribution in [0.15, 0.2) is 15.9 Å². The molecule has 0 aliphatic rings. The molecule has 5 heteroatoms. The molecule has 0 aliphatic heterocycles. The second kappa shape index (κ2) is 5.47. The van der Waals surface area contributed by atoms with Gasteiger partial charge >= 0.3 is 0 Å². The Balaban J connectivity index is 2.48. The van der Waals surface area contributed by atoms with Crippen molar-refractivity contribution < 1.29 is 0 Å². The quantitative estimate of drug-likeness (QED) is 0.937. The van der Waals surface area contributed by atoms with Crippen LogP contribution in [0.3, 0.4) is 0 Å². The smallest absolute Gasteiger partial charge is 0.169 e. The van der Waals surface area contributed by atoms with E-state index in [1.807, 2.05) is 25.3 Å². The van der Waals surface area contributed by atoms with Gasteiger partial charge < -0.3 is 5.73 Å². The molecule has 3 nitrogen and oxygen atoms in total. The summed E-state index contributed by atoms with van der Waals surface area (Å²) in [5.41, 5.74) is 8.97. The fourth-order valence-corrected chi connectivity index (χ4v) is 3.46. The lowest BCUT2D eigenvalue weighted by molar-refractivity contribution is 0.744. The second-order valence-electron chi connectivity index (χ2n) is 4.40. The molecule has 96 valence electrons. The van der Waals surface area contributed by atoms with Crippen LogP contribution in [0, 0.1) is 13.8 Å². The molecule has 2 aromatic heterocycles. The molecule has 2 aromatic rings. The Hall–Kier alpha value is -0.780. The monoisotopic (exact) mass is 325 g/mol. The third kappa shape index (κ3) is 2.63. The van der Waals surface area contributed by atoms with Crippen LogP contribution in [-0.2, 0) is 0 Å². The van der Waals surface area contributed by atoms with E-state index in [0.717, 1.165) is 26.6 Å². The summed E-state index contributed by atoms with van der Waals surface area (Å²) >= 11 is 5.10. The van der Waals surface area contributed by atoms with Gasteiger partial charge in [-0.05, 0) is 53.9 Å². The molecule has 2 N–H and O–H groups in total. The molecule has 0 bridgehead atoms. The van der Waals surface area contributed by atoms with E-state index in [1.165, 1.54) is 5.56 Å². The van der Waals surface area contributed by atoms with Crippen LogP contribution in [0.5, 0.6) is 0 Å². The van der Waals surface area contributed by atoms with Gasteiger partial charge in [0.1, 0.15) is 0 Å². The molecule has 1 unspecified atom stereocenters. The third-order valence-corrected chi connectivity index (χ3v) is 4.65. The Bertz CT molecular complexity index is 542. The molecular formula is C13H16BrN3S. The van der Waals surface area contributed by atoms with E-state index >= 15 is 0 Å². The number of rotatable bonds is 3. The molecule has 2 heterocycles. The third-order valence-electron chi connectivity index (χ3n) is 2.96. The van der Waals surface area contributed by atoms with E-state index in [-0.39, 0.29) is 0 Å². The number of hydrogen-bond acceptors (Lipinski definition) is 4. The number of hydrogen-bond donors (Lipinski definition) is 1. The molecule has 1 atom stereocenters. The van der Waals surface area contributed by atoms with Gasteiger partial charge in [-0.2, -0.15) is 0 Å². The lowest BCUT2D eigenvalue weighted by Crippen LogP contribution is -2.13. The Kier molecular flexibility index (Phi) is 4.14. The highest BCUT2D eigenvalue weighted by Gasteiger charge is 2.15. The minimum Gasteiger partial charge on any atom is -0.330 e. The van der Waals surface area contributed by atoms with Crippen LogP contribution in [0.1, 0.15) is 29.8 Å². The van der Waals surface area contributed by atoms with Crippen molar-refractivity contribution in [3.05, 3.63) is 32.9 Å². The van der Waals surface area contributed by atoms with Gasteiger partial charge in [-0.1, -0.05) is 6.92 Å². The summed E-state index contributed by atoms with van der Waals surface area (Å²) in [5.74, 6) is 1.10. The highest BCUT2D eigenvalue weighted by atomic mass is 79.9. The molecule has 18 heavy (non-hydrogen) atoms. The van der Waals surface area contributed by atoms with Crippen molar-refractivity contribution in [3.8, 4) is 10.7 Å². The highest BCUT2D eigenvalue weighted by molar-refractivity contribution is 9.10. The van der Waals surface area contributed by atoms with Crippen molar-refractivity contribution in [1.29, 1.82) is 0 Å². The normalized spacial score (nSPS) is 12.7. The van der Waals surface area contributed by atoms with E-state index in [4.69, 9.17) is 5.73 Å². The summed E-state index contributed by atoms with van der Waals surface area (Å²) in [6.45, 7) is 6.79. The van der Waals surface area contributed by atoms with E-state index in [2.05, 4.69) is 32.8 Å². The largest absolute Gasteiger partial charge is 0.330 e. The van der Waals surface area contributed by atoms with Crippen molar-refractivity contribution in [2.45, 2.75) is 26.7 Å². The average molecular weight is 326 g/mol. The van der Waals surface area contributed by atoms with Crippen LogP contribution in [0.2, 0.25) is 0 Å². The molecule has 0 aromatic carbocycles. The van der Waals surface area contributed by atoms with E-state index in [9.17, 15) is 0 Å². The van der Waals surface area contributed by atoms with Gasteiger partial charge in [0.2, 0.25) is 0 Å². The predicted molar refractivity (Wildman–Crippen MR) is 80.0 cm³/mol. The van der Waals surface area contributed by atoms with Gasteiger partial charge in [0.15, 0.2) is 5.82 Å². The maximum atomic E-state index is 5.73. The van der Waals surface area contributed by atoms with Crippen molar-refractivity contribution in [2.24, 2.45) is 5.73 Å². The first kappa shape index (κ1) is 13.6. The Morgan fingerprint density at radius 2 is 1.94 bits per heavy atom. The molecule has 0 aliphatic carbocycles. The van der Waals surface area contributed by atoms with E-state index in [0.29, 0.717) is 12.5 Å². The molecule has 0 amide bonds. The van der Waals surface area contributed by atoms with Crippen molar-refractivity contribution in [3.63, 3.8) is 0 Å². The zero-order valence-electron chi connectivity index (χ0n) is 10.7. The maximum absolute atomic E-state index is 5.73. The van der Waals surface area contributed by atoms with Crippen LogP contribution in [-0.4, -0.2) is 16.5 Å². The first-order chi connectivity index (χ1) is 8.52. The zero-order chi connectivity index (χ0) is 13.3. The summed E-state index contributed by atoms with van der Waals surface area (Å²) in [4.78, 5) is 10.3. The van der Waals surface area contributed by atoms with Crippen LogP contribution >= 0.6 is 27.3 Å². The standard InChI is InChI=1S/C13H16BrN3S/c1-7(5-15)12-8(2)16-13(17-9(12)3)11-4-10(14)6-18-11/h4,6-7H,5,15H2,1-3H3. The summed E-state index contributed by atoms with van der Waals surface area (Å²) < 4.78 is 1.07. The maximum Gasteiger partial charge on any atom is 0.169 e. The van der Waals surface area contributed by atoms with Crippen LogP contribution < -0.4 is 5.73 Å². The molecule has 0 saturated heterocycles. The van der Waals surface area contributed by atoms with Gasteiger partial charge in [0, 0.05) is 21.2 Å². The SMILES string of the molecule is Cc1nc(-c2cc(Br)cs2)nc(C)c1C(C)CN. The first-order valence-electron chi connectivity index (χ1n) is 5.82. The number of nitrogens with two attached hydrogens (primary N) is 1. The van der Waals surface area contributed by atoms with Crippen molar-refractivity contribution in [1.82, 2.24) is 9.97 Å². The molecule has 0 fully saturated rings. The molecular weight excluding hydrogens is 310 g/mol. The van der Waals surface area contributed by atoms with E-state index < -0.39 is 0 Å². The second-order valence-corrected chi connectivity index (χ2v) is 6.22. The average Bonchev–Trinajstić information content (AvgIpc) is 2.74. The van der Waals surface area contributed by atoms with Crippen LogP contribution in [0.4, 0.5) is 0 Å². The first-order valence-corrected chi connectivity index (χ1v) is 7.49. The van der Waals surface area contributed by atoms with Gasteiger partial charge in [-0.15, -0.1) is 11.3 Å².